The lowest BCUT2D eigenvalue weighted by Crippen LogP contribution is -2.10. The average molecular weight is 259 g/mol. The first-order chi connectivity index (χ1) is 8.20. The van der Waals surface area contributed by atoms with Crippen LogP contribution in [0.25, 0.3) is 0 Å². The molecular weight excluding hydrogens is 234 g/mol. The Hall–Kier alpha value is -0.580. The summed E-state index contributed by atoms with van der Waals surface area (Å²) in [5.74, 6) is 0.0297. The van der Waals surface area contributed by atoms with E-state index in [1.807, 2.05) is 26.8 Å². The topological polar surface area (TPSA) is 38.3 Å². The third-order valence-corrected chi connectivity index (χ3v) is 2.00. The SMILES string of the molecule is C/C=C\C(=C/CC)CNSOCC(C)=O.CC. The summed E-state index contributed by atoms with van der Waals surface area (Å²) in [6.07, 6.45) is 7.23. The molecule has 17 heavy (non-hydrogen) atoms. The molecule has 4 heteroatoms. The smallest absolute Gasteiger partial charge is 0.156 e. The van der Waals surface area contributed by atoms with E-state index in [0.717, 1.165) is 25.2 Å². The second kappa shape index (κ2) is 15.4. The molecule has 0 fully saturated rings. The van der Waals surface area contributed by atoms with Gasteiger partial charge in [0.15, 0.2) is 5.78 Å². The van der Waals surface area contributed by atoms with E-state index in [-0.39, 0.29) is 12.4 Å². The molecule has 0 heterocycles. The Kier molecular flexibility index (Phi) is 17.0. The number of rotatable bonds is 8. The summed E-state index contributed by atoms with van der Waals surface area (Å²) in [4.78, 5) is 10.6. The quantitative estimate of drug-likeness (QED) is 0.312. The van der Waals surface area contributed by atoms with Crippen molar-refractivity contribution in [3.63, 3.8) is 0 Å². The Bertz CT molecular complexity index is 238. The number of carbonyl (C=O) groups excluding carboxylic acids is 1. The molecule has 0 unspecified atom stereocenters. The number of ketones is 1. The maximum atomic E-state index is 10.6. The standard InChI is InChI=1S/C11H19NO2S.C2H6/c1-4-6-11(7-5-2)8-12-15-14-9-10(3)13;1-2/h4,6-7,12H,5,8-9H2,1-3H3;1-2H3/b6-4-,11-7+;. The molecular formula is C13H25NO2S. The van der Waals surface area contributed by atoms with Crippen LogP contribution in [0.3, 0.4) is 0 Å². The summed E-state index contributed by atoms with van der Waals surface area (Å²) in [5, 5.41) is 0. The van der Waals surface area contributed by atoms with Gasteiger partial charge >= 0.3 is 0 Å². The fraction of sp³-hybridized carbons (Fsp3) is 0.615. The molecule has 0 saturated heterocycles. The van der Waals surface area contributed by atoms with Gasteiger partial charge in [-0.15, -0.1) is 0 Å². The molecule has 0 rings (SSSR count). The van der Waals surface area contributed by atoms with E-state index in [9.17, 15) is 4.79 Å². The third kappa shape index (κ3) is 15.4. The van der Waals surface area contributed by atoms with Crippen LogP contribution in [0, 0.1) is 0 Å². The predicted octanol–water partition coefficient (Wildman–Crippen LogP) is 3.68. The Morgan fingerprint density at radius 3 is 2.53 bits per heavy atom. The van der Waals surface area contributed by atoms with Crippen LogP contribution in [-0.2, 0) is 8.98 Å². The Labute approximate surface area is 110 Å². The van der Waals surface area contributed by atoms with E-state index >= 15 is 0 Å². The largest absolute Gasteiger partial charge is 0.297 e. The zero-order valence-electron chi connectivity index (χ0n) is 11.6. The normalized spacial score (nSPS) is 11.2. The second-order valence-corrected chi connectivity index (χ2v) is 3.75. The van der Waals surface area contributed by atoms with Gasteiger partial charge in [-0.3, -0.25) is 8.98 Å². The van der Waals surface area contributed by atoms with Crippen molar-refractivity contribution < 1.29 is 8.98 Å². The van der Waals surface area contributed by atoms with Gasteiger partial charge in [0.2, 0.25) is 0 Å². The van der Waals surface area contributed by atoms with Crippen LogP contribution in [0.5, 0.6) is 0 Å². The maximum absolute atomic E-state index is 10.6. The van der Waals surface area contributed by atoms with E-state index in [0.29, 0.717) is 0 Å². The molecule has 0 aromatic carbocycles. The van der Waals surface area contributed by atoms with Crippen LogP contribution in [0.1, 0.15) is 41.0 Å². The highest BCUT2D eigenvalue weighted by molar-refractivity contribution is 7.92. The average Bonchev–Trinajstić information content (AvgIpc) is 2.31. The van der Waals surface area contributed by atoms with Crippen LogP contribution >= 0.6 is 12.2 Å². The highest BCUT2D eigenvalue weighted by Gasteiger charge is 1.95. The van der Waals surface area contributed by atoms with Crippen molar-refractivity contribution in [2.75, 3.05) is 13.2 Å². The number of Topliss-reactive ketones (excluding diaryl/α,β-unsaturated/α-hetero) is 1. The summed E-state index contributed by atoms with van der Waals surface area (Å²) >= 11 is 1.12. The molecule has 0 radical (unpaired) electrons. The molecule has 0 aliphatic carbocycles. The molecule has 0 aliphatic heterocycles. The van der Waals surface area contributed by atoms with E-state index in [1.54, 1.807) is 0 Å². The fourth-order valence-electron chi connectivity index (χ4n) is 0.942. The fourth-order valence-corrected chi connectivity index (χ4v) is 1.48. The highest BCUT2D eigenvalue weighted by atomic mass is 32.2. The number of hydrogen-bond acceptors (Lipinski definition) is 4. The van der Waals surface area contributed by atoms with Gasteiger partial charge in [-0.2, -0.15) is 0 Å². The van der Waals surface area contributed by atoms with Crippen molar-refractivity contribution in [2.45, 2.75) is 41.0 Å². The van der Waals surface area contributed by atoms with Crippen molar-refractivity contribution in [2.24, 2.45) is 0 Å². The molecule has 0 aliphatic rings. The molecule has 0 amide bonds. The minimum Gasteiger partial charge on any atom is -0.297 e. The predicted molar refractivity (Wildman–Crippen MR) is 76.8 cm³/mol. The summed E-state index contributed by atoms with van der Waals surface area (Å²) in [6.45, 7) is 10.5. The van der Waals surface area contributed by atoms with Crippen molar-refractivity contribution in [1.82, 2.24) is 4.72 Å². The molecule has 0 atom stereocenters. The van der Waals surface area contributed by atoms with Crippen LogP contribution in [0.4, 0.5) is 0 Å². The Balaban J connectivity index is 0. The van der Waals surface area contributed by atoms with Crippen molar-refractivity contribution >= 4 is 18.0 Å². The molecule has 0 aromatic rings. The maximum Gasteiger partial charge on any atom is 0.156 e. The van der Waals surface area contributed by atoms with Gasteiger partial charge in [-0.1, -0.05) is 39.0 Å². The lowest BCUT2D eigenvalue weighted by atomic mass is 10.2. The van der Waals surface area contributed by atoms with Gasteiger partial charge in [0.25, 0.3) is 0 Å². The van der Waals surface area contributed by atoms with Crippen molar-refractivity contribution in [3.8, 4) is 0 Å². The minimum atomic E-state index is 0.0297. The molecule has 3 nitrogen and oxygen atoms in total. The minimum absolute atomic E-state index is 0.0297. The monoisotopic (exact) mass is 259 g/mol. The first-order valence-electron chi connectivity index (χ1n) is 6.03. The lowest BCUT2D eigenvalue weighted by molar-refractivity contribution is -0.118. The number of nitrogens with one attached hydrogen (secondary N) is 1. The van der Waals surface area contributed by atoms with Gasteiger partial charge in [-0.25, -0.2) is 4.72 Å². The number of carbonyl (C=O) groups is 1. The second-order valence-electron chi connectivity index (χ2n) is 3.06. The molecule has 0 aromatic heterocycles. The van der Waals surface area contributed by atoms with Crippen LogP contribution in [0.2, 0.25) is 0 Å². The highest BCUT2D eigenvalue weighted by Crippen LogP contribution is 2.02. The van der Waals surface area contributed by atoms with Gasteiger partial charge < -0.3 is 0 Å². The Morgan fingerprint density at radius 1 is 1.41 bits per heavy atom. The van der Waals surface area contributed by atoms with Crippen LogP contribution in [-0.4, -0.2) is 18.9 Å². The summed E-state index contributed by atoms with van der Waals surface area (Å²) in [5.41, 5.74) is 1.22. The van der Waals surface area contributed by atoms with Crippen LogP contribution < -0.4 is 4.72 Å². The van der Waals surface area contributed by atoms with E-state index < -0.39 is 0 Å². The Morgan fingerprint density at radius 2 is 2.06 bits per heavy atom. The molecule has 100 valence electrons. The lowest BCUT2D eigenvalue weighted by Gasteiger charge is -2.03. The zero-order chi connectivity index (χ0) is 13.5. The van der Waals surface area contributed by atoms with Gasteiger partial charge in [0, 0.05) is 6.54 Å². The summed E-state index contributed by atoms with van der Waals surface area (Å²) in [7, 11) is 0. The van der Waals surface area contributed by atoms with E-state index in [4.69, 9.17) is 4.18 Å². The zero-order valence-corrected chi connectivity index (χ0v) is 12.4. The van der Waals surface area contributed by atoms with E-state index in [1.165, 1.54) is 12.5 Å². The molecule has 1 N–H and O–H groups in total. The number of hydrogen-bond donors (Lipinski definition) is 1. The number of allylic oxidation sites excluding steroid dienone is 2. The van der Waals surface area contributed by atoms with Gasteiger partial charge in [0.05, 0.1) is 12.2 Å². The van der Waals surface area contributed by atoms with Gasteiger partial charge in [0.1, 0.15) is 6.61 Å². The first kappa shape index (κ1) is 18.8. The van der Waals surface area contributed by atoms with Crippen LogP contribution in [0.15, 0.2) is 23.8 Å². The van der Waals surface area contributed by atoms with Gasteiger partial charge in [-0.05, 0) is 25.8 Å². The third-order valence-electron chi connectivity index (χ3n) is 1.50. The van der Waals surface area contributed by atoms with E-state index in [2.05, 4.69) is 23.8 Å². The summed E-state index contributed by atoms with van der Waals surface area (Å²) in [6, 6.07) is 0. The molecule has 0 bridgehead atoms. The summed E-state index contributed by atoms with van der Waals surface area (Å²) < 4.78 is 8.04. The van der Waals surface area contributed by atoms with Crippen molar-refractivity contribution in [1.29, 1.82) is 0 Å². The molecule has 0 spiro atoms. The van der Waals surface area contributed by atoms with Crippen molar-refractivity contribution in [3.05, 3.63) is 23.8 Å². The first-order valence-corrected chi connectivity index (χ1v) is 6.77. The molecule has 0 saturated carbocycles.